The van der Waals surface area contributed by atoms with E-state index in [1.54, 1.807) is 0 Å². The van der Waals surface area contributed by atoms with Crippen LogP contribution in [0, 0.1) is 11.3 Å². The third-order valence-electron chi connectivity index (χ3n) is 0.746. The summed E-state index contributed by atoms with van der Waals surface area (Å²) in [5.74, 6) is -3.85. The van der Waals surface area contributed by atoms with Crippen LogP contribution in [-0.4, -0.2) is 24.3 Å². The fourth-order valence-corrected chi connectivity index (χ4v) is 0.594. The minimum atomic E-state index is -2.35. The first kappa shape index (κ1) is 21.7. The average Bonchev–Trinajstić information content (AvgIpc) is 2.19. The Morgan fingerprint density at radius 1 is 0.941 bits per heavy atom. The minimum absolute atomic E-state index is 0. The van der Waals surface area contributed by atoms with Crippen LogP contribution in [0.3, 0.4) is 0 Å². The van der Waals surface area contributed by atoms with Crippen molar-refractivity contribution < 1.29 is 57.2 Å². The topological polar surface area (TPSA) is 114 Å². The number of carbonyl (C=O) groups is 2. The van der Waals surface area contributed by atoms with E-state index < -0.39 is 40.1 Å². The smallest absolute Gasteiger partial charge is 2.00 e. The Labute approximate surface area is 109 Å². The van der Waals surface area contributed by atoms with Crippen LogP contribution in [0.15, 0.2) is 0 Å². The number of hydrogen-bond acceptors (Lipinski definition) is 6. The molecule has 6 nitrogen and oxygen atoms in total. The molecule has 0 heterocycles. The Bertz CT molecular complexity index is 413. The molecule has 0 spiro atoms. The molecule has 0 bridgehead atoms. The Kier molecular flexibility index (Phi) is 17.2. The maximum atomic E-state index is 11.5. The van der Waals surface area contributed by atoms with Crippen LogP contribution in [-0.2, 0) is 38.2 Å². The summed E-state index contributed by atoms with van der Waals surface area (Å²) in [7, 11) is -1.52. The van der Waals surface area contributed by atoms with Gasteiger partial charge in [-0.05, 0) is 0 Å². The van der Waals surface area contributed by atoms with Gasteiger partial charge in [-0.3, -0.25) is 0 Å². The monoisotopic (exact) mass is 334 g/mol. The molecule has 2 unspecified atom stereocenters. The molecule has 0 radical (unpaired) electrons. The van der Waals surface area contributed by atoms with Crippen molar-refractivity contribution in [2.75, 3.05) is 0 Å². The predicted molar refractivity (Wildman–Crippen MR) is 42.8 cm³/mol. The van der Waals surface area contributed by atoms with Crippen molar-refractivity contribution in [3.8, 4) is 11.3 Å². The van der Waals surface area contributed by atoms with E-state index >= 15 is 0 Å². The van der Waals surface area contributed by atoms with Crippen molar-refractivity contribution >= 4 is 27.8 Å². The molecule has 0 aromatic rings. The number of carboxylic acid groups (broad SMARTS) is 2. The average molecular weight is 335 g/mol. The van der Waals surface area contributed by atoms with Crippen LogP contribution in [0.5, 0.6) is 0 Å². The van der Waals surface area contributed by atoms with Crippen molar-refractivity contribution in [2.45, 2.75) is 12.3 Å². The van der Waals surface area contributed by atoms with E-state index in [1.165, 1.54) is 11.3 Å². The van der Waals surface area contributed by atoms with Crippen LogP contribution in [0.2, 0.25) is 0 Å². The first-order chi connectivity index (χ1) is 7.36. The molecule has 0 N–H and O–H groups in total. The summed E-state index contributed by atoms with van der Waals surface area (Å²) in [5.41, 5.74) is 2.87. The molecule has 0 aromatic heterocycles. The van der Waals surface area contributed by atoms with Gasteiger partial charge in [0.15, 0.2) is 0 Å². The van der Waals surface area contributed by atoms with Gasteiger partial charge >= 0.3 is 109 Å². The van der Waals surface area contributed by atoms with Crippen molar-refractivity contribution in [3.05, 3.63) is 0 Å². The second-order valence-electron chi connectivity index (χ2n) is 1.80. The third-order valence-corrected chi connectivity index (χ3v) is 1.41. The molecule has 11 heteroatoms. The Hall–Kier alpha value is -0.557. The van der Waals surface area contributed by atoms with Gasteiger partial charge in [-0.2, -0.15) is 0 Å². The number of alkyl halides is 2. The second kappa shape index (κ2) is 13.5. The van der Waals surface area contributed by atoms with E-state index in [0.717, 1.165) is 0 Å². The molecular formula is C6H2F2O6P2Zn. The summed E-state index contributed by atoms with van der Waals surface area (Å²) in [5, 5.41) is 18.8. The Morgan fingerprint density at radius 3 is 1.24 bits per heavy atom. The van der Waals surface area contributed by atoms with Gasteiger partial charge in [0.25, 0.3) is 0 Å². The maximum absolute atomic E-state index is 11.5. The van der Waals surface area contributed by atoms with Gasteiger partial charge in [-0.1, -0.05) is 0 Å². The number of hydrogen-bond donors (Lipinski definition) is 0. The van der Waals surface area contributed by atoms with Crippen LogP contribution < -0.4 is 10.2 Å². The van der Waals surface area contributed by atoms with E-state index in [1.807, 2.05) is 0 Å². The van der Waals surface area contributed by atoms with E-state index in [-0.39, 0.29) is 19.5 Å². The largest absolute Gasteiger partial charge is 2.00 e. The molecule has 2 atom stereocenters. The van der Waals surface area contributed by atoms with Crippen LogP contribution in [0.1, 0.15) is 0 Å². The van der Waals surface area contributed by atoms with Gasteiger partial charge in [-0.25, -0.2) is 0 Å². The first-order valence-electron chi connectivity index (χ1n) is 3.22. The van der Waals surface area contributed by atoms with Gasteiger partial charge in [0, 0.05) is 0 Å². The molecule has 17 heavy (non-hydrogen) atoms. The summed E-state index contributed by atoms with van der Waals surface area (Å²) in [6.07, 6.45) is -4.71. The number of rotatable bonds is 2. The summed E-state index contributed by atoms with van der Waals surface area (Å²) >= 11 is 0. The zero-order valence-electron chi connectivity index (χ0n) is 7.96. The van der Waals surface area contributed by atoms with Gasteiger partial charge in [0.05, 0.1) is 0 Å². The first-order valence-corrected chi connectivity index (χ1v) is 4.84. The zero-order chi connectivity index (χ0) is 13.1. The molecule has 0 amide bonds. The molecule has 0 rings (SSSR count). The van der Waals surface area contributed by atoms with Crippen molar-refractivity contribution in [3.63, 3.8) is 0 Å². The number of carboxylic acids is 2. The number of halogens is 2. The SMILES string of the molecule is O=P#CC(F)C(=O)[O-].O=P#CC(F)C(=O)[O-].[Zn+2]. The van der Waals surface area contributed by atoms with Crippen molar-refractivity contribution in [1.82, 2.24) is 0 Å². The fourth-order valence-electron chi connectivity index (χ4n) is 0.198. The van der Waals surface area contributed by atoms with E-state index in [4.69, 9.17) is 0 Å². The van der Waals surface area contributed by atoms with Crippen LogP contribution in [0.4, 0.5) is 8.78 Å². The Balaban J connectivity index is -0.000000218. The molecule has 0 aliphatic heterocycles. The summed E-state index contributed by atoms with van der Waals surface area (Å²) in [4.78, 5) is 18.8. The van der Waals surface area contributed by atoms with Gasteiger partial charge < -0.3 is 0 Å². The molecule has 0 aliphatic rings. The van der Waals surface area contributed by atoms with Crippen molar-refractivity contribution in [2.24, 2.45) is 0 Å². The normalized spacial score (nSPS) is 10.9. The predicted octanol–water partition coefficient (Wildman–Crippen LogP) is -1.35. The van der Waals surface area contributed by atoms with E-state index in [0.29, 0.717) is 0 Å². The molecule has 0 saturated carbocycles. The Morgan fingerprint density at radius 2 is 1.18 bits per heavy atom. The maximum Gasteiger partial charge on any atom is 2.00 e. The molecule has 0 fully saturated rings. The number of carbonyl (C=O) groups excluding carboxylic acids is 2. The fraction of sp³-hybridized carbons (Fsp3) is 0.333. The molecule has 88 valence electrons. The van der Waals surface area contributed by atoms with Crippen molar-refractivity contribution in [1.29, 1.82) is 0 Å². The van der Waals surface area contributed by atoms with E-state index in [9.17, 15) is 37.7 Å². The number of aliphatic carboxylic acids is 2. The summed E-state index contributed by atoms with van der Waals surface area (Å²) in [6.45, 7) is 0. The second-order valence-corrected chi connectivity index (χ2v) is 2.69. The van der Waals surface area contributed by atoms with Crippen LogP contribution in [0.25, 0.3) is 0 Å². The molecule has 0 saturated heterocycles. The van der Waals surface area contributed by atoms with Gasteiger partial charge in [0.1, 0.15) is 0 Å². The van der Waals surface area contributed by atoms with Crippen LogP contribution >= 0.6 is 15.8 Å². The molecule has 0 aliphatic carbocycles. The van der Waals surface area contributed by atoms with Gasteiger partial charge in [0.2, 0.25) is 0 Å². The standard InChI is InChI=1S/2C3H2FO3P.Zn/c2*4-2(1-8-7)3(5)6;/h2*2H,(H,5,6);/q;;+2/p-2. The molecule has 0 aromatic carbocycles. The van der Waals surface area contributed by atoms with Gasteiger partial charge in [-0.15, -0.1) is 0 Å². The summed E-state index contributed by atoms with van der Waals surface area (Å²) in [6, 6.07) is 0. The summed E-state index contributed by atoms with van der Waals surface area (Å²) < 4.78 is 41.8. The third kappa shape index (κ3) is 15.4. The quantitative estimate of drug-likeness (QED) is 0.455. The van der Waals surface area contributed by atoms with E-state index in [2.05, 4.69) is 0 Å². The zero-order valence-corrected chi connectivity index (χ0v) is 12.7. The molecular weight excluding hydrogens is 333 g/mol. The minimum Gasteiger partial charge on any atom is 2.00 e.